The molecule has 3 unspecified atom stereocenters. The van der Waals surface area contributed by atoms with E-state index >= 15 is 0 Å². The first kappa shape index (κ1) is 57.5. The van der Waals surface area contributed by atoms with E-state index in [0.29, 0.717) is 17.4 Å². The maximum absolute atomic E-state index is 12.8. The summed E-state index contributed by atoms with van der Waals surface area (Å²) in [6.45, 7) is 4.71. The average molecular weight is 852 g/mol. The number of likely N-dealkylation sites (N-methyl/N-ethyl adjacent to an activating group) is 1. The van der Waals surface area contributed by atoms with Crippen molar-refractivity contribution in [2.75, 3.05) is 40.9 Å². The van der Waals surface area contributed by atoms with Gasteiger partial charge in [-0.2, -0.15) is 0 Å². The number of nitrogens with zero attached hydrogens (tertiary/aromatic N) is 1. The highest BCUT2D eigenvalue weighted by molar-refractivity contribution is 7.47. The van der Waals surface area contributed by atoms with Crippen LogP contribution in [0, 0.1) is 0 Å². The molecule has 0 heterocycles. The number of unbranched alkanes of at least 4 members (excludes halogenated alkanes) is 25. The molecule has 0 radical (unpaired) electrons. The standard InChI is InChI=1S/C50H95N2O6P/c1-6-8-10-12-14-16-18-19-20-21-22-23-24-25-26-27-28-29-30-31-32-33-34-35-37-39-41-43-49(53)48(47-58-59(55,56)57-46-45-52(3,4)5)51-50(54)44-42-40-38-36-17-15-13-11-9-7-2/h11,13,30-31,34-35,41,43,48-49,53H,6-10,12,14-29,32-33,36-40,42,44-47H2,1-5H3,(H-,51,54,55,56)/p+1/b13-11-,31-30+,35-34+,43-41+. The number of aliphatic hydroxyl groups is 1. The molecule has 0 rings (SSSR count). The van der Waals surface area contributed by atoms with Crippen LogP contribution in [0.15, 0.2) is 48.6 Å². The minimum Gasteiger partial charge on any atom is -0.387 e. The lowest BCUT2D eigenvalue weighted by atomic mass is 10.0. The molecule has 0 aliphatic rings. The van der Waals surface area contributed by atoms with E-state index in [1.54, 1.807) is 6.08 Å². The van der Waals surface area contributed by atoms with Gasteiger partial charge in [0.1, 0.15) is 13.2 Å². The van der Waals surface area contributed by atoms with Crippen LogP contribution in [0.1, 0.15) is 213 Å². The number of nitrogens with one attached hydrogen (secondary N) is 1. The molecule has 0 aliphatic carbocycles. The Morgan fingerprint density at radius 2 is 0.966 bits per heavy atom. The minimum atomic E-state index is -4.35. The van der Waals surface area contributed by atoms with Crippen molar-refractivity contribution in [3.8, 4) is 0 Å². The summed E-state index contributed by atoms with van der Waals surface area (Å²) in [5.41, 5.74) is 0. The number of rotatable bonds is 44. The van der Waals surface area contributed by atoms with Crippen LogP contribution in [0.3, 0.4) is 0 Å². The second kappa shape index (κ2) is 41.8. The molecular weight excluding hydrogens is 756 g/mol. The SMILES string of the molecule is CCC/C=C\CCCCCCCC(=O)NC(COP(=O)(O)OCC[N+](C)(C)C)C(O)/C=C/CC/C=C/CC/C=C/CCCCCCCCCCCCCCCCCCC. The third-order valence-corrected chi connectivity index (χ3v) is 11.7. The van der Waals surface area contributed by atoms with E-state index in [4.69, 9.17) is 9.05 Å². The molecule has 346 valence electrons. The van der Waals surface area contributed by atoms with Crippen molar-refractivity contribution >= 4 is 13.7 Å². The van der Waals surface area contributed by atoms with E-state index in [1.165, 1.54) is 122 Å². The van der Waals surface area contributed by atoms with Gasteiger partial charge in [0.2, 0.25) is 5.91 Å². The van der Waals surface area contributed by atoms with Gasteiger partial charge in [-0.15, -0.1) is 0 Å². The highest BCUT2D eigenvalue weighted by Gasteiger charge is 2.27. The van der Waals surface area contributed by atoms with E-state index in [1.807, 2.05) is 27.2 Å². The summed E-state index contributed by atoms with van der Waals surface area (Å²) in [6, 6.07) is -0.873. The Balaban J connectivity index is 4.27. The molecular formula is C50H96N2O6P+. The number of allylic oxidation sites excluding steroid dienone is 7. The molecule has 8 nitrogen and oxygen atoms in total. The first-order valence-corrected chi connectivity index (χ1v) is 26.0. The first-order valence-electron chi connectivity index (χ1n) is 24.5. The van der Waals surface area contributed by atoms with E-state index in [9.17, 15) is 19.4 Å². The van der Waals surface area contributed by atoms with Crippen molar-refractivity contribution in [3.05, 3.63) is 48.6 Å². The molecule has 0 aromatic heterocycles. The predicted octanol–water partition coefficient (Wildman–Crippen LogP) is 14.0. The van der Waals surface area contributed by atoms with Gasteiger partial charge in [-0.1, -0.05) is 191 Å². The molecule has 3 N–H and O–H groups in total. The second-order valence-electron chi connectivity index (χ2n) is 17.8. The van der Waals surface area contributed by atoms with Gasteiger partial charge in [0.05, 0.1) is 39.9 Å². The van der Waals surface area contributed by atoms with Crippen LogP contribution in [0.4, 0.5) is 0 Å². The van der Waals surface area contributed by atoms with Gasteiger partial charge in [-0.25, -0.2) is 4.57 Å². The Morgan fingerprint density at radius 1 is 0.559 bits per heavy atom. The molecule has 0 aliphatic heterocycles. The number of carbonyl (C=O) groups excluding carboxylic acids is 1. The summed E-state index contributed by atoms with van der Waals surface area (Å²) < 4.78 is 23.5. The lowest BCUT2D eigenvalue weighted by Crippen LogP contribution is -2.45. The smallest absolute Gasteiger partial charge is 0.387 e. The van der Waals surface area contributed by atoms with Crippen molar-refractivity contribution in [2.24, 2.45) is 0 Å². The fourth-order valence-corrected chi connectivity index (χ4v) is 7.58. The van der Waals surface area contributed by atoms with E-state index in [-0.39, 0.29) is 19.1 Å². The van der Waals surface area contributed by atoms with Crippen molar-refractivity contribution in [1.29, 1.82) is 0 Å². The quantitative estimate of drug-likeness (QED) is 0.0244. The van der Waals surface area contributed by atoms with Crippen LogP contribution >= 0.6 is 7.82 Å². The molecule has 1 amide bonds. The number of hydrogen-bond donors (Lipinski definition) is 3. The van der Waals surface area contributed by atoms with Crippen LogP contribution < -0.4 is 5.32 Å². The van der Waals surface area contributed by atoms with Crippen LogP contribution in [0.2, 0.25) is 0 Å². The second-order valence-corrected chi connectivity index (χ2v) is 19.3. The summed E-state index contributed by atoms with van der Waals surface area (Å²) in [5, 5.41) is 13.8. The first-order chi connectivity index (χ1) is 28.5. The Kier molecular flexibility index (Phi) is 40.7. The zero-order valence-corrected chi connectivity index (χ0v) is 40.1. The maximum atomic E-state index is 12.8. The maximum Gasteiger partial charge on any atom is 0.472 e. The fourth-order valence-electron chi connectivity index (χ4n) is 6.84. The molecule has 0 spiro atoms. The molecule has 3 atom stereocenters. The summed E-state index contributed by atoms with van der Waals surface area (Å²) in [5.74, 6) is -0.204. The van der Waals surface area contributed by atoms with Crippen molar-refractivity contribution in [1.82, 2.24) is 5.32 Å². The van der Waals surface area contributed by atoms with Crippen LogP contribution in [-0.4, -0.2) is 73.4 Å². The summed E-state index contributed by atoms with van der Waals surface area (Å²) in [6.07, 6.45) is 53.6. The largest absolute Gasteiger partial charge is 0.472 e. The molecule has 9 heteroatoms. The van der Waals surface area contributed by atoms with E-state index < -0.39 is 20.0 Å². The van der Waals surface area contributed by atoms with E-state index in [0.717, 1.165) is 70.6 Å². The number of aliphatic hydroxyl groups excluding tert-OH is 1. The van der Waals surface area contributed by atoms with Crippen molar-refractivity contribution < 1.29 is 32.9 Å². The summed E-state index contributed by atoms with van der Waals surface area (Å²) >= 11 is 0. The molecule has 0 aromatic rings. The Hall–Kier alpha value is -1.54. The number of hydrogen-bond acceptors (Lipinski definition) is 5. The number of amides is 1. The van der Waals surface area contributed by atoms with Crippen molar-refractivity contribution in [3.63, 3.8) is 0 Å². The molecule has 0 aromatic carbocycles. The fraction of sp³-hybridized carbons (Fsp3) is 0.820. The third-order valence-electron chi connectivity index (χ3n) is 10.7. The topological polar surface area (TPSA) is 105 Å². The summed E-state index contributed by atoms with van der Waals surface area (Å²) in [4.78, 5) is 23.0. The van der Waals surface area contributed by atoms with Gasteiger partial charge in [0.25, 0.3) is 0 Å². The third kappa shape index (κ3) is 44.3. The number of carbonyl (C=O) groups is 1. The zero-order valence-electron chi connectivity index (χ0n) is 39.2. The number of quaternary nitrogens is 1. The molecule has 0 saturated heterocycles. The van der Waals surface area contributed by atoms with Crippen molar-refractivity contribution in [2.45, 2.75) is 225 Å². The highest BCUT2D eigenvalue weighted by Crippen LogP contribution is 2.43. The van der Waals surface area contributed by atoms with Crippen LogP contribution in [-0.2, 0) is 18.4 Å². The number of phosphoric acid groups is 1. The van der Waals surface area contributed by atoms with Gasteiger partial charge in [-0.05, 0) is 64.2 Å². The van der Waals surface area contributed by atoms with Gasteiger partial charge in [0.15, 0.2) is 0 Å². The number of phosphoric ester groups is 1. The normalized spacial score (nSPS) is 14.6. The van der Waals surface area contributed by atoms with Crippen LogP contribution in [0.5, 0.6) is 0 Å². The van der Waals surface area contributed by atoms with Crippen LogP contribution in [0.25, 0.3) is 0 Å². The zero-order chi connectivity index (χ0) is 43.6. The lowest BCUT2D eigenvalue weighted by molar-refractivity contribution is -0.870. The minimum absolute atomic E-state index is 0.0508. The summed E-state index contributed by atoms with van der Waals surface area (Å²) in [7, 11) is 1.54. The average Bonchev–Trinajstić information content (AvgIpc) is 3.19. The molecule has 0 saturated carbocycles. The van der Waals surface area contributed by atoms with E-state index in [2.05, 4.69) is 55.6 Å². The molecule has 59 heavy (non-hydrogen) atoms. The Morgan fingerprint density at radius 3 is 1.42 bits per heavy atom. The molecule has 0 fully saturated rings. The van der Waals surface area contributed by atoms with Gasteiger partial charge >= 0.3 is 7.82 Å². The van der Waals surface area contributed by atoms with Gasteiger partial charge in [0, 0.05) is 6.42 Å². The highest BCUT2D eigenvalue weighted by atomic mass is 31.2. The van der Waals surface area contributed by atoms with Gasteiger partial charge < -0.3 is 19.8 Å². The predicted molar refractivity (Wildman–Crippen MR) is 254 cm³/mol. The Labute approximate surface area is 365 Å². The Bertz CT molecular complexity index is 1100. The van der Waals surface area contributed by atoms with Gasteiger partial charge in [-0.3, -0.25) is 13.8 Å². The lowest BCUT2D eigenvalue weighted by Gasteiger charge is -2.25. The monoisotopic (exact) mass is 852 g/mol. The molecule has 0 bridgehead atoms.